The summed E-state index contributed by atoms with van der Waals surface area (Å²) in [4.78, 5) is 47.8. The Hall–Kier alpha value is -5.38. The highest BCUT2D eigenvalue weighted by molar-refractivity contribution is 5.91. The van der Waals surface area contributed by atoms with Gasteiger partial charge in [0.15, 0.2) is 0 Å². The molecule has 10 heteroatoms. The first-order chi connectivity index (χ1) is 22.2. The van der Waals surface area contributed by atoms with Crippen molar-refractivity contribution in [2.75, 3.05) is 13.6 Å². The van der Waals surface area contributed by atoms with Crippen molar-refractivity contribution in [3.05, 3.63) is 114 Å². The van der Waals surface area contributed by atoms with E-state index in [0.717, 1.165) is 43.4 Å². The predicted octanol–water partition coefficient (Wildman–Crippen LogP) is 6.54. The summed E-state index contributed by atoms with van der Waals surface area (Å²) in [5, 5.41) is 0. The van der Waals surface area contributed by atoms with Crippen molar-refractivity contribution in [3.63, 3.8) is 0 Å². The second kappa shape index (κ2) is 16.1. The monoisotopic (exact) mass is 628 g/mol. The van der Waals surface area contributed by atoms with E-state index < -0.39 is 23.9 Å². The zero-order valence-corrected chi connectivity index (χ0v) is 25.8. The number of hydrogen-bond donors (Lipinski definition) is 0. The summed E-state index contributed by atoms with van der Waals surface area (Å²) >= 11 is 0. The number of hydrogen-bond acceptors (Lipinski definition) is 10. The zero-order chi connectivity index (χ0) is 33.1. The van der Waals surface area contributed by atoms with Crippen molar-refractivity contribution in [2.45, 2.75) is 51.6 Å². The molecule has 0 aromatic heterocycles. The topological polar surface area (TPSA) is 124 Å². The number of rotatable bonds is 13. The summed E-state index contributed by atoms with van der Waals surface area (Å²) in [7, 11) is 0. The largest absolute Gasteiger partial charge is 0.459 e. The van der Waals surface area contributed by atoms with Gasteiger partial charge in [0.25, 0.3) is 0 Å². The van der Waals surface area contributed by atoms with E-state index >= 15 is 0 Å². The van der Waals surface area contributed by atoms with Gasteiger partial charge in [0.05, 0.1) is 11.1 Å². The molecule has 0 atom stereocenters. The van der Waals surface area contributed by atoms with Crippen LogP contribution in [0, 0.1) is 13.8 Å². The first-order valence-electron chi connectivity index (χ1n) is 14.7. The summed E-state index contributed by atoms with van der Waals surface area (Å²) in [6.45, 7) is 9.70. The molecule has 3 aromatic rings. The van der Waals surface area contributed by atoms with Crippen molar-refractivity contribution in [3.8, 4) is 17.2 Å². The number of esters is 4. The molecule has 0 heterocycles. The number of benzene rings is 3. The number of carbonyl (C=O) groups excluding carboxylic acids is 4. The molecule has 0 unspecified atom stereocenters. The van der Waals surface area contributed by atoms with Crippen LogP contribution in [0.3, 0.4) is 0 Å². The molecule has 0 aliphatic heterocycles. The number of aryl methyl sites for hydroxylation is 2. The molecule has 4 rings (SSSR count). The molecular formula is C36H36O10. The predicted molar refractivity (Wildman–Crippen MR) is 168 cm³/mol. The molecule has 0 amide bonds. The van der Waals surface area contributed by atoms with Gasteiger partial charge in [-0.2, -0.15) is 0 Å². The smallest absolute Gasteiger partial charge is 0.343 e. The van der Waals surface area contributed by atoms with Gasteiger partial charge in [-0.3, -0.25) is 0 Å². The minimum Gasteiger partial charge on any atom is -0.459 e. The van der Waals surface area contributed by atoms with Crippen LogP contribution in [0.4, 0.5) is 0 Å². The van der Waals surface area contributed by atoms with E-state index in [0.29, 0.717) is 45.4 Å². The second-order valence-corrected chi connectivity index (χ2v) is 10.7. The van der Waals surface area contributed by atoms with Crippen LogP contribution in [0.2, 0.25) is 0 Å². The first-order valence-corrected chi connectivity index (χ1v) is 14.7. The minimum absolute atomic E-state index is 0.180. The van der Waals surface area contributed by atoms with E-state index in [1.807, 2.05) is 12.1 Å². The first kappa shape index (κ1) is 33.5. The van der Waals surface area contributed by atoms with Crippen molar-refractivity contribution in [1.29, 1.82) is 0 Å². The van der Waals surface area contributed by atoms with Crippen LogP contribution in [0.25, 0.3) is 0 Å². The van der Waals surface area contributed by atoms with Crippen molar-refractivity contribution in [2.24, 2.45) is 0 Å². The third-order valence-electron chi connectivity index (χ3n) is 7.50. The van der Waals surface area contributed by atoms with Gasteiger partial charge in [-0.05, 0) is 111 Å². The summed E-state index contributed by atoms with van der Waals surface area (Å²) in [5.74, 6) is -0.376. The molecule has 0 radical (unpaired) electrons. The lowest BCUT2D eigenvalue weighted by atomic mass is 9.83. The van der Waals surface area contributed by atoms with Crippen molar-refractivity contribution < 1.29 is 47.6 Å². The Labute approximate surface area is 267 Å². The Balaban J connectivity index is 1.23. The Morgan fingerprint density at radius 2 is 1.20 bits per heavy atom. The lowest BCUT2D eigenvalue weighted by molar-refractivity contribution is -0.145. The van der Waals surface area contributed by atoms with Gasteiger partial charge in [0, 0.05) is 12.2 Å². The van der Waals surface area contributed by atoms with Crippen LogP contribution in [-0.2, 0) is 23.8 Å². The molecule has 0 bridgehead atoms. The maximum Gasteiger partial charge on any atom is 0.343 e. The number of ether oxygens (including phenoxy) is 6. The van der Waals surface area contributed by atoms with Crippen LogP contribution < -0.4 is 14.2 Å². The molecule has 240 valence electrons. The van der Waals surface area contributed by atoms with E-state index in [2.05, 4.69) is 13.2 Å². The van der Waals surface area contributed by atoms with Crippen LogP contribution >= 0.6 is 0 Å². The molecule has 1 aliphatic rings. The number of carbonyl (C=O) groups is 4. The Bertz CT molecular complexity index is 1580. The average molecular weight is 629 g/mol. The highest BCUT2D eigenvalue weighted by Gasteiger charge is 2.26. The third kappa shape index (κ3) is 9.31. The van der Waals surface area contributed by atoms with Crippen LogP contribution in [0.5, 0.6) is 17.2 Å². The van der Waals surface area contributed by atoms with Gasteiger partial charge in [-0.25, -0.2) is 19.2 Å². The van der Waals surface area contributed by atoms with E-state index in [1.165, 1.54) is 0 Å². The molecule has 10 nitrogen and oxygen atoms in total. The highest BCUT2D eigenvalue weighted by Crippen LogP contribution is 2.35. The van der Waals surface area contributed by atoms with Crippen LogP contribution in [0.1, 0.15) is 69.0 Å². The minimum atomic E-state index is -0.591. The van der Waals surface area contributed by atoms with E-state index in [-0.39, 0.29) is 19.7 Å². The van der Waals surface area contributed by atoms with Gasteiger partial charge < -0.3 is 28.4 Å². The van der Waals surface area contributed by atoms with Crippen molar-refractivity contribution >= 4 is 23.9 Å². The third-order valence-corrected chi connectivity index (χ3v) is 7.50. The summed E-state index contributed by atoms with van der Waals surface area (Å²) in [5.41, 5.74) is 3.31. The van der Waals surface area contributed by atoms with Gasteiger partial charge >= 0.3 is 23.9 Å². The van der Waals surface area contributed by atoms with Gasteiger partial charge in [-0.15, -0.1) is 0 Å². The van der Waals surface area contributed by atoms with Crippen LogP contribution in [0.15, 0.2) is 86.0 Å². The fraction of sp³-hybridized carbons (Fsp3) is 0.278. The Morgan fingerprint density at radius 3 is 1.67 bits per heavy atom. The SMILES string of the molecule is C=CC(=O)OCOc1ccc(C(=O)Oc2ccc(C3CCC(OC(=O)c4ccc(OCOC(=O)C=C)c(C)c4)CC3)cc2)cc1C. The van der Waals surface area contributed by atoms with Crippen molar-refractivity contribution in [1.82, 2.24) is 0 Å². The summed E-state index contributed by atoms with van der Waals surface area (Å²) in [6.07, 6.45) is 5.09. The summed E-state index contributed by atoms with van der Waals surface area (Å²) in [6, 6.07) is 17.2. The molecular weight excluding hydrogens is 592 g/mol. The molecule has 3 aromatic carbocycles. The van der Waals surface area contributed by atoms with E-state index in [9.17, 15) is 19.2 Å². The molecule has 0 N–H and O–H groups in total. The molecule has 0 spiro atoms. The normalized spacial score (nSPS) is 15.5. The van der Waals surface area contributed by atoms with Gasteiger partial charge in [0.2, 0.25) is 13.6 Å². The highest BCUT2D eigenvalue weighted by atomic mass is 16.7. The maximum absolute atomic E-state index is 12.8. The molecule has 0 saturated heterocycles. The fourth-order valence-corrected chi connectivity index (χ4v) is 5.00. The zero-order valence-electron chi connectivity index (χ0n) is 25.8. The van der Waals surface area contributed by atoms with E-state index in [1.54, 1.807) is 62.4 Å². The molecule has 46 heavy (non-hydrogen) atoms. The second-order valence-electron chi connectivity index (χ2n) is 10.7. The maximum atomic E-state index is 12.8. The van der Waals surface area contributed by atoms with E-state index in [4.69, 9.17) is 28.4 Å². The molecule has 1 aliphatic carbocycles. The quantitative estimate of drug-likeness (QED) is 0.0678. The van der Waals surface area contributed by atoms with Gasteiger partial charge in [-0.1, -0.05) is 25.3 Å². The lowest BCUT2D eigenvalue weighted by Gasteiger charge is -2.28. The van der Waals surface area contributed by atoms with Gasteiger partial charge in [0.1, 0.15) is 23.4 Å². The Morgan fingerprint density at radius 1 is 0.696 bits per heavy atom. The molecule has 1 saturated carbocycles. The summed E-state index contributed by atoms with van der Waals surface area (Å²) < 4.78 is 31.9. The molecule has 1 fully saturated rings. The lowest BCUT2D eigenvalue weighted by Crippen LogP contribution is -2.24. The standard InChI is InChI=1S/C36H36O10/c1-5-33(37)43-21-41-31-17-11-27(19-23(31)3)35(39)45-29-13-7-25(8-14-29)26-9-15-30(16-10-26)46-36(40)28-12-18-32(24(4)20-28)42-22-44-34(38)6-2/h5-8,11-14,17-20,26,30H,1-2,9-10,15-16,21-22H2,3-4H3. The Kier molecular flexibility index (Phi) is 11.7. The average Bonchev–Trinajstić information content (AvgIpc) is 3.06. The fourth-order valence-electron chi connectivity index (χ4n) is 5.00. The van der Waals surface area contributed by atoms with Crippen LogP contribution in [-0.4, -0.2) is 43.6 Å².